The Morgan fingerprint density at radius 3 is 2.89 bits per heavy atom. The van der Waals surface area contributed by atoms with Crippen molar-refractivity contribution in [1.29, 1.82) is 0 Å². The van der Waals surface area contributed by atoms with Gasteiger partial charge in [-0.2, -0.15) is 0 Å². The standard InChI is InChI=1S/C13H13BrN2O2S/c1-16(8-9-5-3-4-6-10(9)14)13-15-7-11(19-13)12(17)18-2/h3-7H,8H2,1-2H3. The molecule has 0 spiro atoms. The van der Waals surface area contributed by atoms with Crippen molar-refractivity contribution in [3.63, 3.8) is 0 Å². The van der Waals surface area contributed by atoms with E-state index in [0.29, 0.717) is 4.88 Å². The van der Waals surface area contributed by atoms with Gasteiger partial charge in [0.25, 0.3) is 0 Å². The van der Waals surface area contributed by atoms with Crippen molar-refractivity contribution in [2.75, 3.05) is 19.1 Å². The van der Waals surface area contributed by atoms with Crippen molar-refractivity contribution >= 4 is 38.4 Å². The number of halogens is 1. The molecular weight excluding hydrogens is 328 g/mol. The molecule has 100 valence electrons. The van der Waals surface area contributed by atoms with Crippen LogP contribution >= 0.6 is 27.3 Å². The molecule has 0 bridgehead atoms. The van der Waals surface area contributed by atoms with Gasteiger partial charge in [-0.15, -0.1) is 0 Å². The highest BCUT2D eigenvalue weighted by Gasteiger charge is 2.13. The summed E-state index contributed by atoms with van der Waals surface area (Å²) >= 11 is 4.84. The number of hydrogen-bond donors (Lipinski definition) is 0. The fraction of sp³-hybridized carbons (Fsp3) is 0.231. The van der Waals surface area contributed by atoms with Crippen LogP contribution in [-0.2, 0) is 11.3 Å². The number of benzene rings is 1. The lowest BCUT2D eigenvalue weighted by Gasteiger charge is -2.16. The molecular formula is C13H13BrN2O2S. The molecule has 0 saturated carbocycles. The molecule has 0 aliphatic rings. The van der Waals surface area contributed by atoms with E-state index in [4.69, 9.17) is 0 Å². The maximum absolute atomic E-state index is 11.4. The highest BCUT2D eigenvalue weighted by Crippen LogP contribution is 2.25. The summed E-state index contributed by atoms with van der Waals surface area (Å²) in [5.74, 6) is -0.349. The molecule has 0 amide bonds. The van der Waals surface area contributed by atoms with Crippen molar-refractivity contribution < 1.29 is 9.53 Å². The van der Waals surface area contributed by atoms with Crippen LogP contribution < -0.4 is 4.90 Å². The van der Waals surface area contributed by atoms with Crippen molar-refractivity contribution in [3.05, 3.63) is 45.4 Å². The van der Waals surface area contributed by atoms with Gasteiger partial charge in [0.05, 0.1) is 13.3 Å². The summed E-state index contributed by atoms with van der Waals surface area (Å²) in [4.78, 5) is 18.1. The number of carbonyl (C=O) groups is 1. The first-order chi connectivity index (χ1) is 9.11. The Morgan fingerprint density at radius 1 is 1.47 bits per heavy atom. The van der Waals surface area contributed by atoms with Gasteiger partial charge in [-0.1, -0.05) is 45.5 Å². The normalized spacial score (nSPS) is 10.3. The summed E-state index contributed by atoms with van der Waals surface area (Å²) in [5, 5.41) is 0.788. The van der Waals surface area contributed by atoms with Crippen molar-refractivity contribution in [3.8, 4) is 0 Å². The van der Waals surface area contributed by atoms with Crippen molar-refractivity contribution in [2.24, 2.45) is 0 Å². The minimum absolute atomic E-state index is 0.349. The van der Waals surface area contributed by atoms with Gasteiger partial charge in [0.1, 0.15) is 4.88 Å². The van der Waals surface area contributed by atoms with E-state index in [0.717, 1.165) is 16.1 Å². The summed E-state index contributed by atoms with van der Waals surface area (Å²) in [7, 11) is 3.31. The van der Waals surface area contributed by atoms with Crippen LogP contribution in [0, 0.1) is 0 Å². The molecule has 0 aliphatic carbocycles. The first kappa shape index (κ1) is 14.0. The molecule has 1 heterocycles. The van der Waals surface area contributed by atoms with Crippen LogP contribution in [0.15, 0.2) is 34.9 Å². The van der Waals surface area contributed by atoms with Crippen LogP contribution in [0.2, 0.25) is 0 Å². The van der Waals surface area contributed by atoms with E-state index in [1.54, 1.807) is 6.20 Å². The van der Waals surface area contributed by atoms with E-state index in [2.05, 4.69) is 31.7 Å². The van der Waals surface area contributed by atoms with Gasteiger partial charge in [0.2, 0.25) is 0 Å². The van der Waals surface area contributed by atoms with E-state index >= 15 is 0 Å². The average molecular weight is 341 g/mol. The van der Waals surface area contributed by atoms with Crippen molar-refractivity contribution in [2.45, 2.75) is 6.54 Å². The number of ether oxygens (including phenoxy) is 1. The number of hydrogen-bond acceptors (Lipinski definition) is 5. The number of carbonyl (C=O) groups excluding carboxylic acids is 1. The SMILES string of the molecule is COC(=O)c1cnc(N(C)Cc2ccccc2Br)s1. The number of nitrogens with zero attached hydrogens (tertiary/aromatic N) is 2. The number of thiazole rings is 1. The molecule has 0 unspecified atom stereocenters. The molecule has 6 heteroatoms. The van der Waals surface area contributed by atoms with Crippen LogP contribution in [0.1, 0.15) is 15.2 Å². The summed E-state index contributed by atoms with van der Waals surface area (Å²) in [5.41, 5.74) is 1.17. The van der Waals surface area contributed by atoms with Gasteiger partial charge in [0, 0.05) is 18.1 Å². The maximum atomic E-state index is 11.4. The van der Waals surface area contributed by atoms with Gasteiger partial charge >= 0.3 is 5.97 Å². The van der Waals surface area contributed by atoms with Crippen LogP contribution in [-0.4, -0.2) is 25.1 Å². The first-order valence-corrected chi connectivity index (χ1v) is 7.21. The largest absolute Gasteiger partial charge is 0.465 e. The second-order valence-corrected chi connectivity index (χ2v) is 5.81. The minimum Gasteiger partial charge on any atom is -0.465 e. The molecule has 0 atom stereocenters. The van der Waals surface area contributed by atoms with E-state index in [1.165, 1.54) is 24.0 Å². The topological polar surface area (TPSA) is 42.4 Å². The molecule has 0 aliphatic heterocycles. The van der Waals surface area contributed by atoms with Gasteiger partial charge in [-0.3, -0.25) is 0 Å². The third-order valence-corrected chi connectivity index (χ3v) is 4.44. The minimum atomic E-state index is -0.349. The van der Waals surface area contributed by atoms with Gasteiger partial charge in [-0.25, -0.2) is 9.78 Å². The highest BCUT2D eigenvalue weighted by molar-refractivity contribution is 9.10. The van der Waals surface area contributed by atoms with E-state index in [9.17, 15) is 4.79 Å². The Labute approximate surface area is 124 Å². The Hall–Kier alpha value is -1.40. The molecule has 0 saturated heterocycles. The quantitative estimate of drug-likeness (QED) is 0.800. The summed E-state index contributed by atoms with van der Waals surface area (Å²) < 4.78 is 5.73. The second kappa shape index (κ2) is 6.16. The van der Waals surface area contributed by atoms with Crippen LogP contribution in [0.3, 0.4) is 0 Å². The molecule has 0 fully saturated rings. The molecule has 4 nitrogen and oxygen atoms in total. The fourth-order valence-corrected chi connectivity index (χ4v) is 2.79. The molecule has 1 aromatic carbocycles. The molecule has 2 rings (SSSR count). The Balaban J connectivity index is 2.12. The monoisotopic (exact) mass is 340 g/mol. The Kier molecular flexibility index (Phi) is 4.55. The lowest BCUT2D eigenvalue weighted by Crippen LogP contribution is -2.16. The third-order valence-electron chi connectivity index (χ3n) is 2.57. The summed E-state index contributed by atoms with van der Waals surface area (Å²) in [6.07, 6.45) is 1.54. The lowest BCUT2D eigenvalue weighted by atomic mass is 10.2. The zero-order valence-electron chi connectivity index (χ0n) is 10.6. The lowest BCUT2D eigenvalue weighted by molar-refractivity contribution is 0.0606. The Bertz CT molecular complexity index is 586. The van der Waals surface area contributed by atoms with Gasteiger partial charge in [0.15, 0.2) is 5.13 Å². The van der Waals surface area contributed by atoms with Crippen molar-refractivity contribution in [1.82, 2.24) is 4.98 Å². The number of anilines is 1. The van der Waals surface area contributed by atoms with Crippen LogP contribution in [0.25, 0.3) is 0 Å². The van der Waals surface area contributed by atoms with E-state index in [1.807, 2.05) is 30.1 Å². The molecule has 1 aromatic heterocycles. The Morgan fingerprint density at radius 2 is 2.21 bits per heavy atom. The maximum Gasteiger partial charge on any atom is 0.349 e. The molecule has 0 N–H and O–H groups in total. The predicted octanol–water partition coefficient (Wildman–Crippen LogP) is 3.33. The van der Waals surface area contributed by atoms with E-state index < -0.39 is 0 Å². The van der Waals surface area contributed by atoms with Crippen LogP contribution in [0.5, 0.6) is 0 Å². The fourth-order valence-electron chi connectivity index (χ4n) is 1.59. The number of rotatable bonds is 4. The number of methoxy groups -OCH3 is 1. The van der Waals surface area contributed by atoms with Gasteiger partial charge < -0.3 is 9.64 Å². The molecule has 0 radical (unpaired) electrons. The summed E-state index contributed by atoms with van der Waals surface area (Å²) in [6.45, 7) is 0.718. The first-order valence-electron chi connectivity index (χ1n) is 5.60. The predicted molar refractivity (Wildman–Crippen MR) is 79.7 cm³/mol. The zero-order chi connectivity index (χ0) is 13.8. The third kappa shape index (κ3) is 3.33. The van der Waals surface area contributed by atoms with Gasteiger partial charge in [-0.05, 0) is 11.6 Å². The zero-order valence-corrected chi connectivity index (χ0v) is 13.0. The number of esters is 1. The second-order valence-electron chi connectivity index (χ2n) is 3.95. The summed E-state index contributed by atoms with van der Waals surface area (Å²) in [6, 6.07) is 8.03. The molecule has 19 heavy (non-hydrogen) atoms. The average Bonchev–Trinajstić information content (AvgIpc) is 2.90. The highest BCUT2D eigenvalue weighted by atomic mass is 79.9. The van der Waals surface area contributed by atoms with Crippen LogP contribution in [0.4, 0.5) is 5.13 Å². The smallest absolute Gasteiger partial charge is 0.349 e. The number of aromatic nitrogens is 1. The van der Waals surface area contributed by atoms with E-state index in [-0.39, 0.29) is 5.97 Å². The molecule has 2 aromatic rings.